The van der Waals surface area contributed by atoms with Crippen LogP contribution in [0.4, 0.5) is 5.82 Å². The molecule has 1 aromatic carbocycles. The Morgan fingerprint density at radius 2 is 2.03 bits per heavy atom. The molecule has 2 aromatic heterocycles. The third-order valence-corrected chi connectivity index (χ3v) is 5.95. The Bertz CT molecular complexity index is 1040. The lowest BCUT2D eigenvalue weighted by molar-refractivity contribution is 0.265. The van der Waals surface area contributed by atoms with E-state index in [2.05, 4.69) is 16.4 Å². The molecule has 0 aliphatic carbocycles. The van der Waals surface area contributed by atoms with E-state index in [1.165, 1.54) is 0 Å². The highest BCUT2D eigenvalue weighted by molar-refractivity contribution is 6.30. The molecular formula is C22H27ClN4O2. The van der Waals surface area contributed by atoms with Crippen LogP contribution in [0.25, 0.3) is 17.0 Å². The van der Waals surface area contributed by atoms with E-state index in [1.807, 2.05) is 24.3 Å². The number of fused-ring (bicyclic) bond motifs is 1. The van der Waals surface area contributed by atoms with Gasteiger partial charge >= 0.3 is 0 Å². The molecule has 1 atom stereocenters. The maximum Gasteiger partial charge on any atom is 0.261 e. The van der Waals surface area contributed by atoms with Gasteiger partial charge in [-0.25, -0.2) is 4.98 Å². The first-order valence-electron chi connectivity index (χ1n) is 10.4. The van der Waals surface area contributed by atoms with Crippen molar-refractivity contribution >= 4 is 23.2 Å². The molecule has 1 saturated heterocycles. The molecule has 0 spiro atoms. The van der Waals surface area contributed by atoms with Gasteiger partial charge in [-0.1, -0.05) is 43.5 Å². The van der Waals surface area contributed by atoms with Crippen LogP contribution < -0.4 is 10.5 Å². The van der Waals surface area contributed by atoms with E-state index in [9.17, 15) is 9.90 Å². The average Bonchev–Trinajstić information content (AvgIpc) is 3.37. The first kappa shape index (κ1) is 20.0. The summed E-state index contributed by atoms with van der Waals surface area (Å²) in [5.74, 6) is 1.51. The zero-order valence-electron chi connectivity index (χ0n) is 16.7. The number of aromatic nitrogens is 3. The monoisotopic (exact) mass is 414 g/mol. The van der Waals surface area contributed by atoms with Crippen LogP contribution in [-0.4, -0.2) is 38.3 Å². The third kappa shape index (κ3) is 3.91. The number of benzene rings is 1. The first-order valence-corrected chi connectivity index (χ1v) is 10.8. The Balaban J connectivity index is 1.85. The van der Waals surface area contributed by atoms with E-state index in [-0.39, 0.29) is 18.2 Å². The summed E-state index contributed by atoms with van der Waals surface area (Å²) in [7, 11) is 0. The van der Waals surface area contributed by atoms with Crippen LogP contribution in [0.1, 0.15) is 39.0 Å². The predicted octanol–water partition coefficient (Wildman–Crippen LogP) is 3.97. The Morgan fingerprint density at radius 3 is 2.76 bits per heavy atom. The third-order valence-electron chi connectivity index (χ3n) is 5.70. The van der Waals surface area contributed by atoms with Crippen LogP contribution in [0.3, 0.4) is 0 Å². The Hall–Kier alpha value is -2.31. The summed E-state index contributed by atoms with van der Waals surface area (Å²) in [6, 6.07) is 9.24. The zero-order valence-corrected chi connectivity index (χ0v) is 17.5. The Kier molecular flexibility index (Phi) is 5.92. The van der Waals surface area contributed by atoms with Gasteiger partial charge in [-0.2, -0.15) is 0 Å². The number of hydrogen-bond donors (Lipinski definition) is 1. The van der Waals surface area contributed by atoms with Gasteiger partial charge in [-0.3, -0.25) is 13.8 Å². The summed E-state index contributed by atoms with van der Waals surface area (Å²) in [5.41, 5.74) is 1.58. The van der Waals surface area contributed by atoms with Crippen molar-refractivity contribution in [2.45, 2.75) is 51.6 Å². The molecule has 1 fully saturated rings. The molecule has 6 nitrogen and oxygen atoms in total. The first-order chi connectivity index (χ1) is 14.1. The lowest BCUT2D eigenvalue weighted by atomic mass is 10.2. The van der Waals surface area contributed by atoms with E-state index >= 15 is 0 Å². The summed E-state index contributed by atoms with van der Waals surface area (Å²) in [4.78, 5) is 19.9. The standard InChI is InChI=1S/C22H27ClN4O2/c1-2-3-4-11-26-20(25-12-5-6-18(25)15-28)13-21(29)27-14-19(24-22(26)27)16-7-9-17(23)10-8-16/h7-10,13-14,18,28H,2-6,11-12,15H2,1H3/t18-/m0/s1. The largest absolute Gasteiger partial charge is 0.394 e. The number of unbranched alkanes of at least 4 members (excludes halogenated alkanes) is 2. The topological polar surface area (TPSA) is 62.8 Å². The molecule has 0 saturated carbocycles. The van der Waals surface area contributed by atoms with Gasteiger partial charge in [-0.15, -0.1) is 0 Å². The molecular weight excluding hydrogens is 388 g/mol. The summed E-state index contributed by atoms with van der Waals surface area (Å²) in [6.07, 6.45) is 7.02. The number of rotatable bonds is 7. The van der Waals surface area contributed by atoms with Crippen molar-refractivity contribution in [2.24, 2.45) is 0 Å². The van der Waals surface area contributed by atoms with Gasteiger partial charge in [0.2, 0.25) is 5.78 Å². The van der Waals surface area contributed by atoms with Crippen LogP contribution in [0.2, 0.25) is 5.02 Å². The number of halogens is 1. The van der Waals surface area contributed by atoms with E-state index in [1.54, 1.807) is 16.7 Å². The average molecular weight is 415 g/mol. The van der Waals surface area contributed by atoms with Gasteiger partial charge < -0.3 is 10.0 Å². The van der Waals surface area contributed by atoms with Gasteiger partial charge in [0.1, 0.15) is 5.82 Å². The number of anilines is 1. The fourth-order valence-electron chi connectivity index (χ4n) is 4.14. The molecule has 29 heavy (non-hydrogen) atoms. The minimum absolute atomic E-state index is 0.0555. The van der Waals surface area contributed by atoms with Crippen molar-refractivity contribution in [2.75, 3.05) is 18.1 Å². The van der Waals surface area contributed by atoms with Crippen LogP contribution in [0, 0.1) is 0 Å². The molecule has 3 aromatic rings. The molecule has 0 amide bonds. The number of aliphatic hydroxyl groups is 1. The lowest BCUT2D eigenvalue weighted by Crippen LogP contribution is -2.36. The van der Waals surface area contributed by atoms with E-state index < -0.39 is 0 Å². The van der Waals surface area contributed by atoms with Crippen molar-refractivity contribution in [3.8, 4) is 11.3 Å². The molecule has 3 heterocycles. The van der Waals surface area contributed by atoms with Crippen LogP contribution in [0.15, 0.2) is 41.3 Å². The number of nitrogens with zero attached hydrogens (tertiary/aromatic N) is 4. The summed E-state index contributed by atoms with van der Waals surface area (Å²) < 4.78 is 3.77. The molecule has 1 aliphatic rings. The molecule has 0 unspecified atom stereocenters. The molecule has 0 radical (unpaired) electrons. The van der Waals surface area contributed by atoms with E-state index in [0.29, 0.717) is 10.8 Å². The van der Waals surface area contributed by atoms with E-state index in [4.69, 9.17) is 16.6 Å². The second-order valence-electron chi connectivity index (χ2n) is 7.67. The molecule has 154 valence electrons. The van der Waals surface area contributed by atoms with E-state index in [0.717, 1.165) is 62.3 Å². The summed E-state index contributed by atoms with van der Waals surface area (Å²) in [5, 5.41) is 10.5. The second-order valence-corrected chi connectivity index (χ2v) is 8.11. The van der Waals surface area contributed by atoms with Crippen molar-refractivity contribution in [3.63, 3.8) is 0 Å². The second kappa shape index (κ2) is 8.59. The minimum Gasteiger partial charge on any atom is -0.394 e. The SMILES string of the molecule is CCCCCn1c(N2CCC[C@H]2CO)cc(=O)n2cc(-c3ccc(Cl)cc3)nc12. The van der Waals surface area contributed by atoms with Gasteiger partial charge in [0.25, 0.3) is 5.56 Å². The maximum absolute atomic E-state index is 12.9. The van der Waals surface area contributed by atoms with Gasteiger partial charge in [-0.05, 0) is 31.4 Å². The zero-order chi connectivity index (χ0) is 20.4. The smallest absolute Gasteiger partial charge is 0.261 e. The summed E-state index contributed by atoms with van der Waals surface area (Å²) in [6.45, 7) is 3.91. The van der Waals surface area contributed by atoms with Crippen molar-refractivity contribution in [1.29, 1.82) is 0 Å². The molecule has 4 rings (SSSR count). The number of aliphatic hydroxyl groups excluding tert-OH is 1. The van der Waals surface area contributed by atoms with Crippen LogP contribution in [-0.2, 0) is 6.54 Å². The van der Waals surface area contributed by atoms with Crippen LogP contribution in [0.5, 0.6) is 0 Å². The fraction of sp³-hybridized carbons (Fsp3) is 0.455. The van der Waals surface area contributed by atoms with Crippen LogP contribution >= 0.6 is 11.6 Å². The normalized spacial score (nSPS) is 16.8. The quantitative estimate of drug-likeness (QED) is 0.594. The highest BCUT2D eigenvalue weighted by Gasteiger charge is 2.27. The molecule has 7 heteroatoms. The van der Waals surface area contributed by atoms with Crippen molar-refractivity contribution < 1.29 is 5.11 Å². The predicted molar refractivity (Wildman–Crippen MR) is 117 cm³/mol. The highest BCUT2D eigenvalue weighted by atomic mass is 35.5. The lowest BCUT2D eigenvalue weighted by Gasteiger charge is -2.28. The molecule has 1 aliphatic heterocycles. The number of imidazole rings is 1. The highest BCUT2D eigenvalue weighted by Crippen LogP contribution is 2.28. The number of aryl methyl sites for hydroxylation is 1. The molecule has 1 N–H and O–H groups in total. The molecule has 0 bridgehead atoms. The van der Waals surface area contributed by atoms with Crippen molar-refractivity contribution in [1.82, 2.24) is 14.0 Å². The van der Waals surface area contributed by atoms with Crippen molar-refractivity contribution in [3.05, 3.63) is 51.9 Å². The Labute approximate surface area is 175 Å². The van der Waals surface area contributed by atoms with Gasteiger partial charge in [0.15, 0.2) is 0 Å². The minimum atomic E-state index is -0.0990. The summed E-state index contributed by atoms with van der Waals surface area (Å²) >= 11 is 6.01. The fourth-order valence-corrected chi connectivity index (χ4v) is 4.27. The van der Waals surface area contributed by atoms with Gasteiger partial charge in [0, 0.05) is 35.9 Å². The maximum atomic E-state index is 12.9. The Morgan fingerprint density at radius 1 is 1.24 bits per heavy atom. The number of hydrogen-bond acceptors (Lipinski definition) is 4. The van der Waals surface area contributed by atoms with Gasteiger partial charge in [0.05, 0.1) is 18.3 Å².